The van der Waals surface area contributed by atoms with Crippen LogP contribution in [0.2, 0.25) is 0 Å². The minimum absolute atomic E-state index is 0.397. The van der Waals surface area contributed by atoms with E-state index in [0.29, 0.717) is 6.04 Å². The minimum Gasteiger partial charge on any atom is -0.314 e. The third-order valence-electron chi connectivity index (χ3n) is 3.43. The molecule has 1 N–H and O–H groups in total. The Morgan fingerprint density at radius 1 is 1.30 bits per heavy atom. The number of rotatable bonds is 6. The van der Waals surface area contributed by atoms with Crippen molar-refractivity contribution in [2.75, 3.05) is 6.54 Å². The highest BCUT2D eigenvalue weighted by atomic mass is 79.9. The van der Waals surface area contributed by atoms with Crippen molar-refractivity contribution < 1.29 is 0 Å². The smallest absolute Gasteiger partial charge is 0.0738 e. The van der Waals surface area contributed by atoms with Crippen molar-refractivity contribution in [1.29, 1.82) is 0 Å². The molecule has 1 atom stereocenters. The molecule has 0 radical (unpaired) electrons. The van der Waals surface area contributed by atoms with Crippen molar-refractivity contribution in [2.45, 2.75) is 32.7 Å². The summed E-state index contributed by atoms with van der Waals surface area (Å²) in [5.41, 5.74) is 3.59. The molecule has 0 spiro atoms. The molecule has 0 amide bonds. The summed E-state index contributed by atoms with van der Waals surface area (Å²) in [6.45, 7) is 5.13. The second-order valence-electron chi connectivity index (χ2n) is 4.99. The van der Waals surface area contributed by atoms with Gasteiger partial charge in [0.2, 0.25) is 0 Å². The van der Waals surface area contributed by atoms with E-state index in [1.165, 1.54) is 11.3 Å². The zero-order valence-corrected chi connectivity index (χ0v) is 13.8. The molecule has 0 bridgehead atoms. The lowest BCUT2D eigenvalue weighted by Crippen LogP contribution is -2.33. The Kier molecular flexibility index (Phi) is 5.31. The van der Waals surface area contributed by atoms with Gasteiger partial charge in [0.1, 0.15) is 0 Å². The summed E-state index contributed by atoms with van der Waals surface area (Å²) >= 11 is 3.64. The van der Waals surface area contributed by atoms with Crippen molar-refractivity contribution in [3.05, 3.63) is 46.0 Å². The first-order valence-corrected chi connectivity index (χ1v) is 7.71. The summed E-state index contributed by atoms with van der Waals surface area (Å²) in [5, 5.41) is 8.02. The van der Waals surface area contributed by atoms with E-state index in [-0.39, 0.29) is 0 Å². The van der Waals surface area contributed by atoms with Crippen molar-refractivity contribution in [3.8, 4) is 0 Å². The number of likely N-dealkylation sites (N-methyl/N-ethyl adjacent to an activating group) is 1. The maximum absolute atomic E-state index is 4.46. The summed E-state index contributed by atoms with van der Waals surface area (Å²) in [6, 6.07) is 4.55. The van der Waals surface area contributed by atoms with Gasteiger partial charge in [-0.25, -0.2) is 0 Å². The fourth-order valence-corrected chi connectivity index (χ4v) is 2.94. The van der Waals surface area contributed by atoms with E-state index in [1.807, 2.05) is 31.0 Å². The Morgan fingerprint density at radius 2 is 2.00 bits per heavy atom. The standard InChI is InChI=1S/C15H21BrN4/c1-4-18-13(9-12-5-7-17-8-6-12)10-14-15(16)11(2)19-20(14)3/h5-8,13,18H,4,9-10H2,1-3H3. The van der Waals surface area contributed by atoms with Crippen LogP contribution < -0.4 is 5.32 Å². The predicted molar refractivity (Wildman–Crippen MR) is 84.8 cm³/mol. The largest absolute Gasteiger partial charge is 0.314 e. The third-order valence-corrected chi connectivity index (χ3v) is 4.46. The van der Waals surface area contributed by atoms with Crippen LogP contribution in [-0.2, 0) is 19.9 Å². The molecular weight excluding hydrogens is 316 g/mol. The molecule has 0 aliphatic carbocycles. The molecule has 0 saturated carbocycles. The van der Waals surface area contributed by atoms with Crippen LogP contribution >= 0.6 is 15.9 Å². The van der Waals surface area contributed by atoms with Gasteiger partial charge in [0.15, 0.2) is 0 Å². The fraction of sp³-hybridized carbons (Fsp3) is 0.467. The fourth-order valence-electron chi connectivity index (χ4n) is 2.44. The van der Waals surface area contributed by atoms with Crippen LogP contribution in [0.1, 0.15) is 23.9 Å². The van der Waals surface area contributed by atoms with Crippen LogP contribution in [0.25, 0.3) is 0 Å². The SMILES string of the molecule is CCNC(Cc1ccncc1)Cc1c(Br)c(C)nn1C. The first-order chi connectivity index (χ1) is 9.61. The zero-order chi connectivity index (χ0) is 14.5. The van der Waals surface area contributed by atoms with Crippen LogP contribution in [0, 0.1) is 6.92 Å². The summed E-state index contributed by atoms with van der Waals surface area (Å²) in [7, 11) is 2.00. The van der Waals surface area contributed by atoms with Crippen molar-refractivity contribution >= 4 is 15.9 Å². The maximum Gasteiger partial charge on any atom is 0.0738 e. The van der Waals surface area contributed by atoms with E-state index in [4.69, 9.17) is 0 Å². The van der Waals surface area contributed by atoms with E-state index < -0.39 is 0 Å². The Hall–Kier alpha value is -1.20. The van der Waals surface area contributed by atoms with Crippen LogP contribution in [0.15, 0.2) is 29.0 Å². The van der Waals surface area contributed by atoms with Gasteiger partial charge >= 0.3 is 0 Å². The molecule has 1 unspecified atom stereocenters. The third kappa shape index (κ3) is 3.67. The lowest BCUT2D eigenvalue weighted by molar-refractivity contribution is 0.503. The highest BCUT2D eigenvalue weighted by Gasteiger charge is 2.16. The van der Waals surface area contributed by atoms with Crippen LogP contribution in [-0.4, -0.2) is 27.4 Å². The number of aromatic nitrogens is 3. The minimum atomic E-state index is 0.397. The quantitative estimate of drug-likeness (QED) is 0.881. The normalized spacial score (nSPS) is 12.6. The highest BCUT2D eigenvalue weighted by molar-refractivity contribution is 9.10. The van der Waals surface area contributed by atoms with Gasteiger partial charge in [-0.1, -0.05) is 6.92 Å². The van der Waals surface area contributed by atoms with Crippen molar-refractivity contribution in [2.24, 2.45) is 7.05 Å². The topological polar surface area (TPSA) is 42.7 Å². The Labute approximate surface area is 128 Å². The van der Waals surface area contributed by atoms with Crippen LogP contribution in [0.4, 0.5) is 0 Å². The molecule has 4 nitrogen and oxygen atoms in total. The number of aryl methyl sites for hydroxylation is 2. The number of hydrogen-bond acceptors (Lipinski definition) is 3. The van der Waals surface area contributed by atoms with Gasteiger partial charge in [0, 0.05) is 31.9 Å². The van der Waals surface area contributed by atoms with E-state index in [9.17, 15) is 0 Å². The number of pyridine rings is 1. The Balaban J connectivity index is 2.13. The van der Waals surface area contributed by atoms with Crippen molar-refractivity contribution in [3.63, 3.8) is 0 Å². The average Bonchev–Trinajstić information content (AvgIpc) is 2.67. The lowest BCUT2D eigenvalue weighted by atomic mass is 10.0. The summed E-state index contributed by atoms with van der Waals surface area (Å²) in [5.74, 6) is 0. The van der Waals surface area contributed by atoms with Crippen LogP contribution in [0.5, 0.6) is 0 Å². The van der Waals surface area contributed by atoms with Gasteiger partial charge in [0.25, 0.3) is 0 Å². The molecule has 2 aromatic heterocycles. The Bertz CT molecular complexity index is 551. The zero-order valence-electron chi connectivity index (χ0n) is 12.2. The average molecular weight is 337 g/mol. The molecule has 5 heteroatoms. The molecule has 0 saturated heterocycles. The molecule has 20 heavy (non-hydrogen) atoms. The number of nitrogens with zero attached hydrogens (tertiary/aromatic N) is 3. The number of halogens is 1. The maximum atomic E-state index is 4.46. The molecule has 0 aliphatic heterocycles. The van der Waals surface area contributed by atoms with E-state index in [2.05, 4.69) is 50.4 Å². The first kappa shape index (κ1) is 15.2. The Morgan fingerprint density at radius 3 is 2.55 bits per heavy atom. The lowest BCUT2D eigenvalue weighted by Gasteiger charge is -2.18. The van der Waals surface area contributed by atoms with Gasteiger partial charge in [-0.05, 0) is 53.5 Å². The molecular formula is C15H21BrN4. The molecule has 0 fully saturated rings. The molecule has 2 heterocycles. The van der Waals surface area contributed by atoms with E-state index in [1.54, 1.807) is 0 Å². The summed E-state index contributed by atoms with van der Waals surface area (Å²) in [6.07, 6.45) is 5.64. The van der Waals surface area contributed by atoms with Crippen molar-refractivity contribution in [1.82, 2.24) is 20.1 Å². The first-order valence-electron chi connectivity index (χ1n) is 6.92. The molecule has 0 aliphatic rings. The van der Waals surface area contributed by atoms with Gasteiger partial charge in [-0.3, -0.25) is 9.67 Å². The number of hydrogen-bond donors (Lipinski definition) is 1. The second-order valence-corrected chi connectivity index (χ2v) is 5.78. The van der Waals surface area contributed by atoms with Gasteiger partial charge in [-0.2, -0.15) is 5.10 Å². The van der Waals surface area contributed by atoms with Gasteiger partial charge in [0.05, 0.1) is 15.9 Å². The predicted octanol–water partition coefficient (Wildman–Crippen LogP) is 2.65. The molecule has 2 aromatic rings. The molecule has 0 aromatic carbocycles. The highest BCUT2D eigenvalue weighted by Crippen LogP contribution is 2.22. The number of nitrogens with one attached hydrogen (secondary N) is 1. The van der Waals surface area contributed by atoms with Crippen LogP contribution in [0.3, 0.4) is 0 Å². The monoisotopic (exact) mass is 336 g/mol. The molecule has 2 rings (SSSR count). The summed E-state index contributed by atoms with van der Waals surface area (Å²) < 4.78 is 3.09. The van der Waals surface area contributed by atoms with Gasteiger partial charge in [-0.15, -0.1) is 0 Å². The van der Waals surface area contributed by atoms with E-state index >= 15 is 0 Å². The summed E-state index contributed by atoms with van der Waals surface area (Å²) in [4.78, 5) is 4.07. The van der Waals surface area contributed by atoms with Gasteiger partial charge < -0.3 is 5.32 Å². The molecule has 108 valence electrons. The van der Waals surface area contributed by atoms with E-state index in [0.717, 1.165) is 29.6 Å². The second kappa shape index (κ2) is 6.99.